The number of ether oxygens (including phenoxy) is 1. The molecule has 29 heavy (non-hydrogen) atoms. The topological polar surface area (TPSA) is 39.1 Å². The molecule has 0 fully saturated rings. The number of halogens is 1. The van der Waals surface area contributed by atoms with Crippen LogP contribution in [0.2, 0.25) is 0 Å². The van der Waals surface area contributed by atoms with E-state index in [4.69, 9.17) is 9.72 Å². The van der Waals surface area contributed by atoms with Gasteiger partial charge < -0.3 is 14.6 Å². The second kappa shape index (κ2) is 7.56. The van der Waals surface area contributed by atoms with E-state index in [1.54, 1.807) is 0 Å². The van der Waals surface area contributed by atoms with Gasteiger partial charge in [0.25, 0.3) is 0 Å². The molecule has 0 bridgehead atoms. The van der Waals surface area contributed by atoms with Gasteiger partial charge in [0.1, 0.15) is 5.75 Å². The summed E-state index contributed by atoms with van der Waals surface area (Å²) in [7, 11) is 0. The molecule has 0 spiro atoms. The summed E-state index contributed by atoms with van der Waals surface area (Å²) in [5.41, 5.74) is 4.70. The van der Waals surface area contributed by atoms with Crippen molar-refractivity contribution in [1.82, 2.24) is 9.55 Å². The van der Waals surface area contributed by atoms with E-state index in [9.17, 15) is 0 Å². The Balaban J connectivity index is 1.60. The number of para-hydroxylation sites is 2. The molecule has 2 heterocycles. The second-order valence-corrected chi connectivity index (χ2v) is 8.21. The number of aromatic nitrogens is 2. The molecule has 0 radical (unpaired) electrons. The van der Waals surface area contributed by atoms with E-state index >= 15 is 0 Å². The van der Waals surface area contributed by atoms with Crippen LogP contribution >= 0.6 is 15.9 Å². The van der Waals surface area contributed by atoms with Gasteiger partial charge in [-0.25, -0.2) is 4.98 Å². The summed E-state index contributed by atoms with van der Waals surface area (Å²) in [5, 5.41) is 3.67. The van der Waals surface area contributed by atoms with E-state index in [1.807, 2.05) is 13.0 Å². The van der Waals surface area contributed by atoms with E-state index in [0.29, 0.717) is 6.61 Å². The molecule has 146 valence electrons. The highest BCUT2D eigenvalue weighted by molar-refractivity contribution is 9.10. The van der Waals surface area contributed by atoms with Crippen LogP contribution in [0, 0.1) is 0 Å². The lowest BCUT2D eigenvalue weighted by molar-refractivity contribution is 0.340. The van der Waals surface area contributed by atoms with Gasteiger partial charge in [0, 0.05) is 4.47 Å². The van der Waals surface area contributed by atoms with Crippen molar-refractivity contribution < 1.29 is 4.74 Å². The van der Waals surface area contributed by atoms with Crippen molar-refractivity contribution in [2.45, 2.75) is 25.4 Å². The fraction of sp³-hybridized carbons (Fsp3) is 0.208. The first-order chi connectivity index (χ1) is 14.2. The third-order valence-electron chi connectivity index (χ3n) is 5.52. The van der Waals surface area contributed by atoms with Gasteiger partial charge in [-0.15, -0.1) is 0 Å². The highest BCUT2D eigenvalue weighted by atomic mass is 79.9. The molecule has 2 atom stereocenters. The summed E-state index contributed by atoms with van der Waals surface area (Å²) in [5.74, 6) is 1.83. The Labute approximate surface area is 178 Å². The molecule has 0 aliphatic carbocycles. The predicted octanol–water partition coefficient (Wildman–Crippen LogP) is 6.34. The largest absolute Gasteiger partial charge is 0.494 e. The molecule has 0 saturated carbocycles. The number of nitrogens with one attached hydrogen (secondary N) is 1. The number of hydrogen-bond acceptors (Lipinski definition) is 3. The van der Waals surface area contributed by atoms with E-state index in [2.05, 4.69) is 92.5 Å². The van der Waals surface area contributed by atoms with E-state index < -0.39 is 0 Å². The minimum atomic E-state index is 0.197. The first-order valence-electron chi connectivity index (χ1n) is 9.94. The number of benzene rings is 3. The van der Waals surface area contributed by atoms with Gasteiger partial charge in [0.2, 0.25) is 5.95 Å². The van der Waals surface area contributed by atoms with Crippen molar-refractivity contribution in [1.29, 1.82) is 0 Å². The molecule has 2 unspecified atom stereocenters. The van der Waals surface area contributed by atoms with Crippen LogP contribution in [0.25, 0.3) is 11.0 Å². The zero-order valence-electron chi connectivity index (χ0n) is 16.2. The lowest BCUT2D eigenvalue weighted by Crippen LogP contribution is -2.27. The average molecular weight is 448 g/mol. The molecule has 3 aromatic carbocycles. The quantitative estimate of drug-likeness (QED) is 0.396. The molecule has 1 aliphatic rings. The molecule has 0 amide bonds. The summed E-state index contributed by atoms with van der Waals surface area (Å²) in [4.78, 5) is 4.89. The van der Waals surface area contributed by atoms with Gasteiger partial charge in [-0.1, -0.05) is 52.3 Å². The Morgan fingerprint density at radius 1 is 1.00 bits per heavy atom. The van der Waals surface area contributed by atoms with Crippen LogP contribution in [0.5, 0.6) is 5.75 Å². The molecular weight excluding hydrogens is 426 g/mol. The first-order valence-corrected chi connectivity index (χ1v) is 10.7. The van der Waals surface area contributed by atoms with Crippen molar-refractivity contribution in [3.63, 3.8) is 0 Å². The SMILES string of the molecule is CCOc1ccc(C2CC(c3ccc(Br)cc3)Nc3nc4ccccc4n32)cc1. The molecule has 4 aromatic rings. The Kier molecular flexibility index (Phi) is 4.76. The minimum Gasteiger partial charge on any atom is -0.494 e. The molecule has 1 aromatic heterocycles. The van der Waals surface area contributed by atoms with Crippen LogP contribution in [0.15, 0.2) is 77.3 Å². The number of imidazole rings is 1. The molecule has 0 saturated heterocycles. The van der Waals surface area contributed by atoms with Gasteiger partial charge in [-0.3, -0.25) is 0 Å². The lowest BCUT2D eigenvalue weighted by Gasteiger charge is -2.33. The summed E-state index contributed by atoms with van der Waals surface area (Å²) in [6.07, 6.45) is 0.947. The predicted molar refractivity (Wildman–Crippen MR) is 121 cm³/mol. The van der Waals surface area contributed by atoms with Crippen LogP contribution < -0.4 is 10.1 Å². The van der Waals surface area contributed by atoms with Crippen LogP contribution in [0.1, 0.15) is 36.6 Å². The minimum absolute atomic E-state index is 0.197. The van der Waals surface area contributed by atoms with Crippen molar-refractivity contribution in [3.05, 3.63) is 88.4 Å². The summed E-state index contributed by atoms with van der Waals surface area (Å²) in [6, 6.07) is 25.8. The Morgan fingerprint density at radius 3 is 2.48 bits per heavy atom. The summed E-state index contributed by atoms with van der Waals surface area (Å²) < 4.78 is 9.06. The highest BCUT2D eigenvalue weighted by Crippen LogP contribution is 2.41. The number of fused-ring (bicyclic) bond motifs is 3. The maximum atomic E-state index is 5.64. The van der Waals surface area contributed by atoms with Gasteiger partial charge in [0.15, 0.2) is 0 Å². The molecule has 5 rings (SSSR count). The van der Waals surface area contributed by atoms with Crippen LogP contribution in [0.4, 0.5) is 5.95 Å². The summed E-state index contributed by atoms with van der Waals surface area (Å²) in [6.45, 7) is 2.68. The Morgan fingerprint density at radius 2 is 1.72 bits per heavy atom. The fourth-order valence-corrected chi connectivity index (χ4v) is 4.42. The number of nitrogens with zero attached hydrogens (tertiary/aromatic N) is 2. The third kappa shape index (κ3) is 3.40. The normalized spacial score (nSPS) is 18.3. The van der Waals surface area contributed by atoms with Crippen molar-refractivity contribution in [3.8, 4) is 5.75 Å². The molecule has 1 N–H and O–H groups in total. The Bertz CT molecular complexity index is 1140. The Hall–Kier alpha value is -2.79. The zero-order valence-corrected chi connectivity index (χ0v) is 17.8. The summed E-state index contributed by atoms with van der Waals surface area (Å²) >= 11 is 3.54. The third-order valence-corrected chi connectivity index (χ3v) is 6.05. The molecule has 1 aliphatic heterocycles. The van der Waals surface area contributed by atoms with Crippen molar-refractivity contribution >= 4 is 32.9 Å². The fourth-order valence-electron chi connectivity index (χ4n) is 4.16. The van der Waals surface area contributed by atoms with Gasteiger partial charge >= 0.3 is 0 Å². The smallest absolute Gasteiger partial charge is 0.204 e. The highest BCUT2D eigenvalue weighted by Gasteiger charge is 2.30. The monoisotopic (exact) mass is 447 g/mol. The molecular formula is C24H22BrN3O. The van der Waals surface area contributed by atoms with E-state index in [-0.39, 0.29) is 12.1 Å². The van der Waals surface area contributed by atoms with Crippen LogP contribution in [-0.4, -0.2) is 16.2 Å². The van der Waals surface area contributed by atoms with Crippen molar-refractivity contribution in [2.24, 2.45) is 0 Å². The average Bonchev–Trinajstić information content (AvgIpc) is 3.13. The van der Waals surface area contributed by atoms with Crippen molar-refractivity contribution in [2.75, 3.05) is 11.9 Å². The lowest BCUT2D eigenvalue weighted by atomic mass is 9.93. The molecule has 5 heteroatoms. The van der Waals surface area contributed by atoms with E-state index in [0.717, 1.165) is 33.6 Å². The first kappa shape index (κ1) is 18.3. The van der Waals surface area contributed by atoms with Crippen LogP contribution in [0.3, 0.4) is 0 Å². The number of anilines is 1. The van der Waals surface area contributed by atoms with E-state index in [1.165, 1.54) is 11.1 Å². The standard InChI is InChI=1S/C24H22BrN3O/c1-2-29-19-13-9-17(10-14-19)23-15-21(16-7-11-18(25)12-8-16)27-24-26-20-5-3-4-6-22(20)28(23)24/h3-14,21,23H,2,15H2,1H3,(H,26,27). The van der Waals surface area contributed by atoms with Gasteiger partial charge in [0.05, 0.1) is 29.7 Å². The van der Waals surface area contributed by atoms with Gasteiger partial charge in [-0.05, 0) is 60.9 Å². The number of hydrogen-bond donors (Lipinski definition) is 1. The van der Waals surface area contributed by atoms with Gasteiger partial charge in [-0.2, -0.15) is 0 Å². The zero-order chi connectivity index (χ0) is 19.8. The number of rotatable bonds is 4. The second-order valence-electron chi connectivity index (χ2n) is 7.30. The van der Waals surface area contributed by atoms with Crippen LogP contribution in [-0.2, 0) is 0 Å². The molecule has 4 nitrogen and oxygen atoms in total. The maximum absolute atomic E-state index is 5.64. The maximum Gasteiger partial charge on any atom is 0.204 e.